The van der Waals surface area contributed by atoms with E-state index in [0.717, 1.165) is 11.1 Å². The molecule has 0 amide bonds. The molecule has 0 radical (unpaired) electrons. The summed E-state index contributed by atoms with van der Waals surface area (Å²) in [6, 6.07) is 18.7. The highest BCUT2D eigenvalue weighted by atomic mass is 16.6. The fraction of sp³-hybridized carbons (Fsp3) is 0.333. The Balaban J connectivity index is 1.55. The van der Waals surface area contributed by atoms with E-state index in [-0.39, 0.29) is 38.9 Å². The Kier molecular flexibility index (Phi) is 8.40. The van der Waals surface area contributed by atoms with E-state index in [9.17, 15) is 9.59 Å². The monoisotopic (exact) mass is 504 g/mol. The minimum atomic E-state index is -1.62. The first-order valence-electron chi connectivity index (χ1n) is 12.2. The molecule has 4 rings (SSSR count). The molecule has 2 heterocycles. The summed E-state index contributed by atoms with van der Waals surface area (Å²) in [5.74, 6) is -0.0689. The molecule has 0 aliphatic rings. The van der Waals surface area contributed by atoms with Gasteiger partial charge in [0.2, 0.25) is 23.6 Å². The second kappa shape index (κ2) is 12.1. The quantitative estimate of drug-likeness (QED) is 0.201. The lowest BCUT2D eigenvalue weighted by Crippen LogP contribution is -2.43. The van der Waals surface area contributed by atoms with Crippen molar-refractivity contribution in [3.63, 3.8) is 0 Å². The Labute approximate surface area is 214 Å². The summed E-state index contributed by atoms with van der Waals surface area (Å²) in [5, 5.41) is 16.4. The zero-order chi connectivity index (χ0) is 26.1. The summed E-state index contributed by atoms with van der Waals surface area (Å²) < 4.78 is 22.2. The number of carbonyl (C=O) groups excluding carboxylic acids is 2. The van der Waals surface area contributed by atoms with Crippen LogP contribution in [0.3, 0.4) is 0 Å². The van der Waals surface area contributed by atoms with Gasteiger partial charge in [0.25, 0.3) is 0 Å². The first-order valence-corrected chi connectivity index (χ1v) is 12.2. The summed E-state index contributed by atoms with van der Waals surface area (Å²) >= 11 is 0. The Morgan fingerprint density at radius 1 is 0.676 bits per heavy atom. The molecule has 2 aromatic carbocycles. The molecule has 10 nitrogen and oxygen atoms in total. The fourth-order valence-electron chi connectivity index (χ4n) is 3.90. The molecule has 4 aromatic rings. The summed E-state index contributed by atoms with van der Waals surface area (Å²) in [6.07, 6.45) is 0.411. The molecule has 0 bridgehead atoms. The maximum atomic E-state index is 13.2. The molecule has 37 heavy (non-hydrogen) atoms. The van der Waals surface area contributed by atoms with Gasteiger partial charge >= 0.3 is 11.9 Å². The lowest BCUT2D eigenvalue weighted by atomic mass is 9.78. The minimum absolute atomic E-state index is 0.0424. The molecule has 0 unspecified atom stereocenters. The van der Waals surface area contributed by atoms with Crippen molar-refractivity contribution in [1.29, 1.82) is 0 Å². The Hall–Kier alpha value is -4.34. The van der Waals surface area contributed by atoms with Crippen molar-refractivity contribution >= 4 is 11.9 Å². The number of benzene rings is 2. The van der Waals surface area contributed by atoms with Crippen LogP contribution >= 0.6 is 0 Å². The average Bonchev–Trinajstić information content (AvgIpc) is 3.60. The van der Waals surface area contributed by atoms with Gasteiger partial charge in [-0.25, -0.2) is 0 Å². The van der Waals surface area contributed by atoms with Crippen LogP contribution < -0.4 is 0 Å². The fourth-order valence-corrected chi connectivity index (χ4v) is 3.90. The highest BCUT2D eigenvalue weighted by Crippen LogP contribution is 2.34. The molecule has 0 N–H and O–H groups in total. The lowest BCUT2D eigenvalue weighted by molar-refractivity contribution is -0.173. The van der Waals surface area contributed by atoms with E-state index in [1.54, 1.807) is 13.8 Å². The summed E-state index contributed by atoms with van der Waals surface area (Å²) in [6.45, 7) is 3.58. The Bertz CT molecular complexity index is 1200. The highest BCUT2D eigenvalue weighted by molar-refractivity contribution is 6.00. The molecular weight excluding hydrogens is 476 g/mol. The van der Waals surface area contributed by atoms with Crippen molar-refractivity contribution < 1.29 is 27.9 Å². The number of hydrogen-bond acceptors (Lipinski definition) is 10. The zero-order valence-corrected chi connectivity index (χ0v) is 20.8. The second-order valence-electron chi connectivity index (χ2n) is 8.26. The van der Waals surface area contributed by atoms with Gasteiger partial charge in [-0.05, 0) is 51.0 Å². The third-order valence-electron chi connectivity index (χ3n) is 5.84. The number of aromatic nitrogens is 4. The van der Waals surface area contributed by atoms with E-state index in [4.69, 9.17) is 18.3 Å². The van der Waals surface area contributed by atoms with Gasteiger partial charge in [0.15, 0.2) is 5.41 Å². The number of carbonyl (C=O) groups is 2. The van der Waals surface area contributed by atoms with Gasteiger partial charge in [0, 0.05) is 24.0 Å². The van der Waals surface area contributed by atoms with Crippen LogP contribution in [0.5, 0.6) is 0 Å². The van der Waals surface area contributed by atoms with E-state index in [0.29, 0.717) is 23.6 Å². The Morgan fingerprint density at radius 2 is 1.08 bits per heavy atom. The molecule has 192 valence electrons. The van der Waals surface area contributed by atoms with Gasteiger partial charge in [-0.1, -0.05) is 36.4 Å². The van der Waals surface area contributed by atoms with Crippen LogP contribution in [0.4, 0.5) is 0 Å². The van der Waals surface area contributed by atoms with Crippen LogP contribution in [-0.2, 0) is 31.9 Å². The third-order valence-corrected chi connectivity index (χ3v) is 5.84. The van der Waals surface area contributed by atoms with E-state index < -0.39 is 17.4 Å². The summed E-state index contributed by atoms with van der Waals surface area (Å²) in [4.78, 5) is 26.4. The van der Waals surface area contributed by atoms with Crippen LogP contribution in [0, 0.1) is 5.41 Å². The van der Waals surface area contributed by atoms with Gasteiger partial charge < -0.3 is 18.3 Å². The maximum absolute atomic E-state index is 13.2. The van der Waals surface area contributed by atoms with Crippen LogP contribution in [-0.4, -0.2) is 45.5 Å². The normalized spacial score (nSPS) is 11.3. The molecule has 0 saturated carbocycles. The van der Waals surface area contributed by atoms with Crippen LogP contribution in [0.1, 0.15) is 38.5 Å². The lowest BCUT2D eigenvalue weighted by Gasteiger charge is -2.28. The van der Waals surface area contributed by atoms with E-state index in [1.165, 1.54) is 0 Å². The number of nitrogens with zero attached hydrogens (tertiary/aromatic N) is 4. The smallest absolute Gasteiger partial charge is 0.323 e. The summed E-state index contributed by atoms with van der Waals surface area (Å²) in [7, 11) is 0. The van der Waals surface area contributed by atoms with E-state index in [2.05, 4.69) is 20.4 Å². The average molecular weight is 505 g/mol. The molecular formula is C27H28N4O6. The third kappa shape index (κ3) is 6.08. The first-order chi connectivity index (χ1) is 18.1. The van der Waals surface area contributed by atoms with Crippen molar-refractivity contribution in [2.45, 2.75) is 39.5 Å². The van der Waals surface area contributed by atoms with Crippen LogP contribution in [0.15, 0.2) is 69.5 Å². The number of ether oxygens (including phenoxy) is 2. The number of hydrogen-bond donors (Lipinski definition) is 0. The first kappa shape index (κ1) is 25.7. The van der Waals surface area contributed by atoms with Crippen molar-refractivity contribution in [2.24, 2.45) is 5.41 Å². The van der Waals surface area contributed by atoms with Crippen molar-refractivity contribution in [2.75, 3.05) is 13.2 Å². The number of esters is 2. The second-order valence-corrected chi connectivity index (χ2v) is 8.26. The van der Waals surface area contributed by atoms with Gasteiger partial charge in [-0.2, -0.15) is 0 Å². The summed E-state index contributed by atoms with van der Waals surface area (Å²) in [5.41, 5.74) is -0.0720. The number of rotatable bonds is 12. The standard InChI is InChI=1S/C27H28N4O6/c1-3-34-25(32)27(26(33)35-4-2,17-15-21-28-30-23(36-21)19-11-7-5-8-12-19)18-16-22-29-31-24(37-22)20-13-9-6-10-14-20/h5-14H,3-4,15-18H2,1-2H3. The number of aryl methyl sites for hydroxylation is 2. The molecule has 10 heteroatoms. The highest BCUT2D eigenvalue weighted by Gasteiger charge is 2.48. The Morgan fingerprint density at radius 3 is 1.46 bits per heavy atom. The van der Waals surface area contributed by atoms with E-state index in [1.807, 2.05) is 60.7 Å². The topological polar surface area (TPSA) is 130 Å². The molecule has 0 aliphatic heterocycles. The largest absolute Gasteiger partial charge is 0.465 e. The van der Waals surface area contributed by atoms with Gasteiger partial charge in [0.1, 0.15) is 0 Å². The molecule has 0 aliphatic carbocycles. The predicted octanol–water partition coefficient (Wildman–Crippen LogP) is 4.46. The molecule has 0 atom stereocenters. The van der Waals surface area contributed by atoms with Gasteiger partial charge in [0.05, 0.1) is 13.2 Å². The van der Waals surface area contributed by atoms with Crippen molar-refractivity contribution in [1.82, 2.24) is 20.4 Å². The minimum Gasteiger partial charge on any atom is -0.465 e. The van der Waals surface area contributed by atoms with Crippen molar-refractivity contribution in [3.05, 3.63) is 72.4 Å². The molecule has 0 fully saturated rings. The zero-order valence-electron chi connectivity index (χ0n) is 20.8. The van der Waals surface area contributed by atoms with E-state index >= 15 is 0 Å². The van der Waals surface area contributed by atoms with Gasteiger partial charge in [-0.3, -0.25) is 9.59 Å². The predicted molar refractivity (Wildman–Crippen MR) is 132 cm³/mol. The SMILES string of the molecule is CCOC(=O)C(CCc1nnc(-c2ccccc2)o1)(CCc1nnc(-c2ccccc2)o1)C(=O)OCC. The maximum Gasteiger partial charge on any atom is 0.323 e. The molecule has 0 saturated heterocycles. The van der Waals surface area contributed by atoms with Crippen molar-refractivity contribution in [3.8, 4) is 22.9 Å². The van der Waals surface area contributed by atoms with Gasteiger partial charge in [-0.15, -0.1) is 20.4 Å². The van der Waals surface area contributed by atoms with Crippen LogP contribution in [0.25, 0.3) is 22.9 Å². The molecule has 2 aromatic heterocycles. The molecule has 0 spiro atoms. The van der Waals surface area contributed by atoms with Crippen LogP contribution in [0.2, 0.25) is 0 Å².